The Labute approximate surface area is 116 Å². The lowest BCUT2D eigenvalue weighted by Gasteiger charge is -2.07. The molecule has 0 saturated heterocycles. The highest BCUT2D eigenvalue weighted by Crippen LogP contribution is 2.14. The first-order chi connectivity index (χ1) is 9.45. The lowest BCUT2D eigenvalue weighted by atomic mass is 10.1. The molecule has 2 aromatic rings. The third kappa shape index (κ3) is 3.32. The van der Waals surface area contributed by atoms with Gasteiger partial charge in [-0.3, -0.25) is 0 Å². The predicted octanol–water partition coefficient (Wildman–Crippen LogP) is 2.79. The van der Waals surface area contributed by atoms with E-state index in [1.807, 2.05) is 18.4 Å². The highest BCUT2D eigenvalue weighted by atomic mass is 19.1. The molecule has 0 bridgehead atoms. The smallest absolute Gasteiger partial charge is 0.328 e. The van der Waals surface area contributed by atoms with Gasteiger partial charge in [0.15, 0.2) is 0 Å². The van der Waals surface area contributed by atoms with Gasteiger partial charge in [0.05, 0.1) is 12.0 Å². The van der Waals surface area contributed by atoms with E-state index in [0.29, 0.717) is 12.1 Å². The Morgan fingerprint density at radius 1 is 1.40 bits per heavy atom. The van der Waals surface area contributed by atoms with Crippen molar-refractivity contribution in [1.82, 2.24) is 9.55 Å². The fourth-order valence-corrected chi connectivity index (χ4v) is 1.93. The molecule has 5 heteroatoms. The highest BCUT2D eigenvalue weighted by Gasteiger charge is 2.05. The van der Waals surface area contributed by atoms with Gasteiger partial charge in [-0.2, -0.15) is 0 Å². The van der Waals surface area contributed by atoms with Crippen LogP contribution in [0, 0.1) is 19.7 Å². The van der Waals surface area contributed by atoms with Crippen LogP contribution in [0.3, 0.4) is 0 Å². The topological polar surface area (TPSA) is 55.1 Å². The number of hydrogen-bond acceptors (Lipinski definition) is 2. The van der Waals surface area contributed by atoms with Crippen LogP contribution in [-0.2, 0) is 11.3 Å². The second kappa shape index (κ2) is 5.69. The van der Waals surface area contributed by atoms with Crippen LogP contribution in [0.25, 0.3) is 6.08 Å². The van der Waals surface area contributed by atoms with Gasteiger partial charge < -0.3 is 9.67 Å². The average Bonchev–Trinajstić information content (AvgIpc) is 2.68. The normalized spacial score (nSPS) is 11.2. The number of imidazole rings is 1. The third-order valence-electron chi connectivity index (χ3n) is 3.10. The van der Waals surface area contributed by atoms with Gasteiger partial charge in [-0.05, 0) is 49.2 Å². The molecular weight excluding hydrogens is 259 g/mol. The van der Waals surface area contributed by atoms with Crippen molar-refractivity contribution < 1.29 is 14.3 Å². The van der Waals surface area contributed by atoms with E-state index >= 15 is 0 Å². The third-order valence-corrected chi connectivity index (χ3v) is 3.10. The van der Waals surface area contributed by atoms with Gasteiger partial charge in [0.25, 0.3) is 0 Å². The van der Waals surface area contributed by atoms with E-state index in [9.17, 15) is 9.18 Å². The van der Waals surface area contributed by atoms with E-state index < -0.39 is 5.97 Å². The Hall–Kier alpha value is -2.43. The monoisotopic (exact) mass is 274 g/mol. The molecule has 0 amide bonds. The molecule has 0 radical (unpaired) electrons. The summed E-state index contributed by atoms with van der Waals surface area (Å²) in [5, 5.41) is 8.59. The molecule has 0 aliphatic heterocycles. The summed E-state index contributed by atoms with van der Waals surface area (Å²) in [6.07, 6.45) is 4.08. The molecule has 0 aliphatic carbocycles. The Bertz CT molecular complexity index is 675. The molecule has 0 spiro atoms. The summed E-state index contributed by atoms with van der Waals surface area (Å²) in [7, 11) is 0. The Balaban J connectivity index is 2.28. The zero-order valence-electron chi connectivity index (χ0n) is 11.3. The van der Waals surface area contributed by atoms with Gasteiger partial charge in [-0.1, -0.05) is 0 Å². The zero-order chi connectivity index (χ0) is 14.7. The first-order valence-corrected chi connectivity index (χ1v) is 6.14. The van der Waals surface area contributed by atoms with E-state index in [1.165, 1.54) is 18.2 Å². The molecular formula is C15H15FN2O2. The first kappa shape index (κ1) is 14.0. The van der Waals surface area contributed by atoms with Crippen molar-refractivity contribution >= 4 is 12.0 Å². The number of aryl methyl sites for hydroxylation is 1. The molecule has 0 atom stereocenters. The quantitative estimate of drug-likeness (QED) is 0.872. The van der Waals surface area contributed by atoms with E-state index in [2.05, 4.69) is 4.98 Å². The second-order valence-corrected chi connectivity index (χ2v) is 4.61. The van der Waals surface area contributed by atoms with Crippen molar-refractivity contribution in [2.24, 2.45) is 0 Å². The largest absolute Gasteiger partial charge is 0.478 e. The minimum Gasteiger partial charge on any atom is -0.478 e. The summed E-state index contributed by atoms with van der Waals surface area (Å²) in [6.45, 7) is 4.36. The Morgan fingerprint density at radius 2 is 2.15 bits per heavy atom. The number of benzene rings is 1. The van der Waals surface area contributed by atoms with Gasteiger partial charge >= 0.3 is 5.97 Å². The minimum absolute atomic E-state index is 0.387. The van der Waals surface area contributed by atoms with Crippen LogP contribution in [-0.4, -0.2) is 20.6 Å². The summed E-state index contributed by atoms with van der Waals surface area (Å²) in [5.41, 5.74) is 3.25. The van der Waals surface area contributed by atoms with Gasteiger partial charge in [-0.15, -0.1) is 0 Å². The molecule has 1 aromatic carbocycles. The molecule has 0 aliphatic rings. The molecule has 1 N–H and O–H groups in total. The highest BCUT2D eigenvalue weighted by molar-refractivity contribution is 5.85. The molecule has 104 valence electrons. The lowest BCUT2D eigenvalue weighted by molar-refractivity contribution is -0.131. The maximum absolute atomic E-state index is 13.6. The number of aromatic nitrogens is 2. The number of halogens is 1. The Morgan fingerprint density at radius 3 is 2.75 bits per heavy atom. The van der Waals surface area contributed by atoms with Crippen LogP contribution < -0.4 is 0 Å². The Kier molecular flexibility index (Phi) is 3.98. The number of nitrogens with zero attached hydrogens (tertiary/aromatic N) is 2. The summed E-state index contributed by atoms with van der Waals surface area (Å²) in [4.78, 5) is 14.7. The second-order valence-electron chi connectivity index (χ2n) is 4.61. The fourth-order valence-electron chi connectivity index (χ4n) is 1.93. The molecule has 0 saturated carbocycles. The van der Waals surface area contributed by atoms with Gasteiger partial charge in [0.1, 0.15) is 5.82 Å². The summed E-state index contributed by atoms with van der Waals surface area (Å²) in [6, 6.07) is 4.50. The van der Waals surface area contributed by atoms with Crippen LogP contribution in [0.4, 0.5) is 4.39 Å². The molecule has 4 nitrogen and oxygen atoms in total. The summed E-state index contributed by atoms with van der Waals surface area (Å²) < 4.78 is 15.5. The van der Waals surface area contributed by atoms with Crippen molar-refractivity contribution in [3.63, 3.8) is 0 Å². The van der Waals surface area contributed by atoms with Crippen LogP contribution in [0.1, 0.15) is 22.5 Å². The van der Waals surface area contributed by atoms with Crippen LogP contribution >= 0.6 is 0 Å². The van der Waals surface area contributed by atoms with Crippen molar-refractivity contribution in [3.8, 4) is 0 Å². The number of carboxylic acid groups (broad SMARTS) is 1. The maximum Gasteiger partial charge on any atom is 0.328 e. The van der Waals surface area contributed by atoms with Crippen molar-refractivity contribution in [2.45, 2.75) is 20.4 Å². The molecule has 0 fully saturated rings. The standard InChI is InChI=1S/C15H15FN2O2/c1-10-11(2)18(9-17-10)8-13-5-12(3-4-15(19)20)6-14(16)7-13/h3-7,9H,8H2,1-2H3,(H,19,20). The molecule has 20 heavy (non-hydrogen) atoms. The van der Waals surface area contributed by atoms with Gasteiger partial charge in [0.2, 0.25) is 0 Å². The zero-order valence-corrected chi connectivity index (χ0v) is 11.3. The van der Waals surface area contributed by atoms with E-state index in [1.54, 1.807) is 12.4 Å². The minimum atomic E-state index is -1.06. The molecule has 1 heterocycles. The molecule has 2 rings (SSSR count). The van der Waals surface area contributed by atoms with Crippen LogP contribution in [0.5, 0.6) is 0 Å². The molecule has 0 unspecified atom stereocenters. The van der Waals surface area contributed by atoms with Gasteiger partial charge in [0, 0.05) is 18.3 Å². The van der Waals surface area contributed by atoms with Gasteiger partial charge in [-0.25, -0.2) is 14.2 Å². The number of hydrogen-bond donors (Lipinski definition) is 1. The number of carboxylic acids is 1. The van der Waals surface area contributed by atoms with Crippen molar-refractivity contribution in [1.29, 1.82) is 0 Å². The van der Waals surface area contributed by atoms with E-state index in [4.69, 9.17) is 5.11 Å². The number of carbonyl (C=O) groups is 1. The summed E-state index contributed by atoms with van der Waals surface area (Å²) >= 11 is 0. The first-order valence-electron chi connectivity index (χ1n) is 6.14. The van der Waals surface area contributed by atoms with Crippen LogP contribution in [0.15, 0.2) is 30.6 Å². The van der Waals surface area contributed by atoms with E-state index in [-0.39, 0.29) is 5.82 Å². The van der Waals surface area contributed by atoms with Crippen molar-refractivity contribution in [3.05, 3.63) is 58.9 Å². The summed E-state index contributed by atoms with van der Waals surface area (Å²) in [5.74, 6) is -1.45. The van der Waals surface area contributed by atoms with Crippen LogP contribution in [0.2, 0.25) is 0 Å². The molecule has 1 aromatic heterocycles. The SMILES string of the molecule is Cc1ncn(Cc2cc(F)cc(C=CC(=O)O)c2)c1C. The average molecular weight is 274 g/mol. The predicted molar refractivity (Wildman–Crippen MR) is 73.9 cm³/mol. The van der Waals surface area contributed by atoms with E-state index in [0.717, 1.165) is 23.0 Å². The lowest BCUT2D eigenvalue weighted by Crippen LogP contribution is -2.01. The number of rotatable bonds is 4. The maximum atomic E-state index is 13.6. The number of aliphatic carboxylic acids is 1. The van der Waals surface area contributed by atoms with Crippen molar-refractivity contribution in [2.75, 3.05) is 0 Å². The fraction of sp³-hybridized carbons (Fsp3) is 0.200.